The van der Waals surface area contributed by atoms with Crippen molar-refractivity contribution in [3.05, 3.63) is 12.7 Å². The maximum absolute atomic E-state index is 10.4. The molecule has 1 N–H and O–H groups in total. The van der Waals surface area contributed by atoms with E-state index in [2.05, 4.69) is 19.2 Å². The quantitative estimate of drug-likeness (QED) is 0.361. The monoisotopic (exact) mass is 202 g/mol. The van der Waals surface area contributed by atoms with Gasteiger partial charge in [-0.2, -0.15) is 12.6 Å². The minimum Gasteiger partial charge on any atom is -0.480 e. The third-order valence-corrected chi connectivity index (χ3v) is 2.40. The third-order valence-electron chi connectivity index (χ3n) is 1.92. The highest BCUT2D eigenvalue weighted by Gasteiger charge is 2.10. The first-order valence-corrected chi connectivity index (χ1v) is 5.22. The van der Waals surface area contributed by atoms with Crippen LogP contribution >= 0.6 is 12.6 Å². The Balaban J connectivity index is 3.15. The van der Waals surface area contributed by atoms with Crippen molar-refractivity contribution in [2.75, 3.05) is 0 Å². The first-order valence-electron chi connectivity index (χ1n) is 4.70. The van der Waals surface area contributed by atoms with Crippen LogP contribution in [-0.2, 0) is 4.79 Å². The first-order chi connectivity index (χ1) is 6.18. The molecule has 2 nitrogen and oxygen atoms in total. The highest BCUT2D eigenvalue weighted by atomic mass is 32.1. The molecule has 1 unspecified atom stereocenters. The van der Waals surface area contributed by atoms with Gasteiger partial charge < -0.3 is 5.11 Å². The lowest BCUT2D eigenvalue weighted by Crippen LogP contribution is -2.12. The summed E-state index contributed by atoms with van der Waals surface area (Å²) in [5.74, 6) is -0.811. The molecule has 0 radical (unpaired) electrons. The molecule has 13 heavy (non-hydrogen) atoms. The number of carboxylic acid groups (broad SMARTS) is 1. The number of hydrogen-bond acceptors (Lipinski definition) is 2. The lowest BCUT2D eigenvalue weighted by atomic mass is 10.1. The van der Waals surface area contributed by atoms with Crippen LogP contribution in [0.2, 0.25) is 0 Å². The van der Waals surface area contributed by atoms with Gasteiger partial charge in [0.1, 0.15) is 0 Å². The standard InChI is InChI=1S/C10H18O2S/c1-2-3-4-5-6-7-8-9(13)10(11)12/h2,9,13H,1,3-8H2,(H,11,12). The number of hydrogen-bond donors (Lipinski definition) is 2. The molecule has 0 saturated carbocycles. The summed E-state index contributed by atoms with van der Waals surface area (Å²) in [6.45, 7) is 3.64. The van der Waals surface area contributed by atoms with Gasteiger partial charge in [0.2, 0.25) is 0 Å². The zero-order valence-corrected chi connectivity index (χ0v) is 8.80. The molecule has 0 aliphatic heterocycles. The second-order valence-electron chi connectivity index (χ2n) is 3.13. The average Bonchev–Trinajstić information content (AvgIpc) is 2.10. The molecule has 3 heteroatoms. The van der Waals surface area contributed by atoms with E-state index < -0.39 is 11.2 Å². The Kier molecular flexibility index (Phi) is 7.90. The highest BCUT2D eigenvalue weighted by Crippen LogP contribution is 2.10. The first kappa shape index (κ1) is 12.6. The number of thiol groups is 1. The van der Waals surface area contributed by atoms with Crippen LogP contribution in [0, 0.1) is 0 Å². The van der Waals surface area contributed by atoms with E-state index in [1.165, 1.54) is 0 Å². The van der Waals surface area contributed by atoms with Gasteiger partial charge in [-0.15, -0.1) is 6.58 Å². The van der Waals surface area contributed by atoms with Crippen molar-refractivity contribution < 1.29 is 9.90 Å². The van der Waals surface area contributed by atoms with Gasteiger partial charge in [-0.25, -0.2) is 0 Å². The summed E-state index contributed by atoms with van der Waals surface area (Å²) in [4.78, 5) is 10.4. The van der Waals surface area contributed by atoms with Gasteiger partial charge in [0, 0.05) is 0 Å². The second-order valence-corrected chi connectivity index (χ2v) is 3.76. The van der Waals surface area contributed by atoms with Gasteiger partial charge in [-0.1, -0.05) is 25.3 Å². The van der Waals surface area contributed by atoms with Gasteiger partial charge >= 0.3 is 5.97 Å². The van der Waals surface area contributed by atoms with Crippen molar-refractivity contribution in [1.29, 1.82) is 0 Å². The van der Waals surface area contributed by atoms with Gasteiger partial charge in [0.25, 0.3) is 0 Å². The highest BCUT2D eigenvalue weighted by molar-refractivity contribution is 7.81. The lowest BCUT2D eigenvalue weighted by molar-refractivity contribution is -0.136. The van der Waals surface area contributed by atoms with E-state index in [-0.39, 0.29) is 0 Å². The number of unbranched alkanes of at least 4 members (excludes halogenated alkanes) is 4. The summed E-state index contributed by atoms with van der Waals surface area (Å²) >= 11 is 3.95. The maximum atomic E-state index is 10.4. The summed E-state index contributed by atoms with van der Waals surface area (Å²) in [6.07, 6.45) is 8.02. The molecular formula is C10H18O2S. The number of rotatable bonds is 8. The van der Waals surface area contributed by atoms with Gasteiger partial charge in [-0.05, 0) is 19.3 Å². The number of carboxylic acids is 1. The predicted molar refractivity (Wildman–Crippen MR) is 58.3 cm³/mol. The van der Waals surface area contributed by atoms with Crippen LogP contribution in [0.3, 0.4) is 0 Å². The van der Waals surface area contributed by atoms with Gasteiger partial charge in [0.15, 0.2) is 0 Å². The molecule has 76 valence electrons. The van der Waals surface area contributed by atoms with Crippen molar-refractivity contribution in [2.24, 2.45) is 0 Å². The van der Waals surface area contributed by atoms with Crippen LogP contribution in [-0.4, -0.2) is 16.3 Å². The number of carbonyl (C=O) groups is 1. The smallest absolute Gasteiger partial charge is 0.316 e. The second kappa shape index (κ2) is 8.17. The molecule has 0 aromatic rings. The van der Waals surface area contributed by atoms with E-state index in [1.54, 1.807) is 0 Å². The molecule has 0 aromatic carbocycles. The Morgan fingerprint density at radius 2 is 2.00 bits per heavy atom. The lowest BCUT2D eigenvalue weighted by Gasteiger charge is -2.04. The van der Waals surface area contributed by atoms with Crippen LogP contribution in [0.25, 0.3) is 0 Å². The molecule has 0 saturated heterocycles. The van der Waals surface area contributed by atoms with Crippen LogP contribution in [0.15, 0.2) is 12.7 Å². The minimum absolute atomic E-state index is 0.487. The van der Waals surface area contributed by atoms with Crippen molar-refractivity contribution >= 4 is 18.6 Å². The molecule has 0 heterocycles. The molecular weight excluding hydrogens is 184 g/mol. The summed E-state index contributed by atoms with van der Waals surface area (Å²) in [5, 5.41) is 8.05. The molecule has 0 amide bonds. The van der Waals surface area contributed by atoms with E-state index in [0.717, 1.165) is 32.1 Å². The van der Waals surface area contributed by atoms with Crippen molar-refractivity contribution in [3.63, 3.8) is 0 Å². The molecule has 0 bridgehead atoms. The van der Waals surface area contributed by atoms with E-state index in [1.807, 2.05) is 6.08 Å². The van der Waals surface area contributed by atoms with Crippen LogP contribution in [0.1, 0.15) is 38.5 Å². The zero-order valence-electron chi connectivity index (χ0n) is 7.91. The fraction of sp³-hybridized carbons (Fsp3) is 0.700. The minimum atomic E-state index is -0.811. The number of allylic oxidation sites excluding steroid dienone is 1. The Bertz CT molecular complexity index is 157. The SMILES string of the molecule is C=CCCCCCCC(S)C(=O)O. The Hall–Kier alpha value is -0.440. The maximum Gasteiger partial charge on any atom is 0.316 e. The number of aliphatic carboxylic acids is 1. The Morgan fingerprint density at radius 3 is 2.54 bits per heavy atom. The predicted octanol–water partition coefficient (Wildman–Crippen LogP) is 2.90. The fourth-order valence-corrected chi connectivity index (χ4v) is 1.29. The molecule has 0 rings (SSSR count). The van der Waals surface area contributed by atoms with E-state index in [0.29, 0.717) is 6.42 Å². The van der Waals surface area contributed by atoms with E-state index in [9.17, 15) is 4.79 Å². The molecule has 0 aliphatic carbocycles. The third kappa shape index (κ3) is 7.91. The molecule has 1 atom stereocenters. The van der Waals surface area contributed by atoms with Crippen LogP contribution in [0.4, 0.5) is 0 Å². The zero-order chi connectivity index (χ0) is 10.1. The summed E-state index contributed by atoms with van der Waals surface area (Å²) in [6, 6.07) is 0. The summed E-state index contributed by atoms with van der Waals surface area (Å²) in [7, 11) is 0. The van der Waals surface area contributed by atoms with Crippen LogP contribution in [0.5, 0.6) is 0 Å². The van der Waals surface area contributed by atoms with Gasteiger partial charge in [0.05, 0.1) is 5.25 Å². The fourth-order valence-electron chi connectivity index (χ4n) is 1.10. The van der Waals surface area contributed by atoms with Gasteiger partial charge in [-0.3, -0.25) is 4.79 Å². The molecule has 0 fully saturated rings. The Morgan fingerprint density at radius 1 is 1.38 bits per heavy atom. The van der Waals surface area contributed by atoms with Crippen molar-refractivity contribution in [2.45, 2.75) is 43.8 Å². The summed E-state index contributed by atoms with van der Waals surface area (Å²) < 4.78 is 0. The van der Waals surface area contributed by atoms with Crippen molar-refractivity contribution in [3.8, 4) is 0 Å². The summed E-state index contributed by atoms with van der Waals surface area (Å²) in [5.41, 5.74) is 0. The molecule has 0 spiro atoms. The Labute approximate surface area is 85.4 Å². The van der Waals surface area contributed by atoms with E-state index >= 15 is 0 Å². The normalized spacial score (nSPS) is 12.4. The van der Waals surface area contributed by atoms with Crippen molar-refractivity contribution in [1.82, 2.24) is 0 Å². The molecule has 0 aliphatic rings. The topological polar surface area (TPSA) is 37.3 Å². The van der Waals surface area contributed by atoms with Crippen LogP contribution < -0.4 is 0 Å². The average molecular weight is 202 g/mol. The van der Waals surface area contributed by atoms with E-state index in [4.69, 9.17) is 5.11 Å². The largest absolute Gasteiger partial charge is 0.480 e. The molecule has 0 aromatic heterocycles.